The standard InChI is InChI=1S/C14H18N3O/c1-16-9-10-17(2)14(16)13(18-3)15-11-12-7-5-4-6-8-12/h4-10H,11H2,1-3H3/q+1. The predicted molar refractivity (Wildman–Crippen MR) is 70.3 cm³/mol. The molecule has 1 aromatic carbocycles. The Morgan fingerprint density at radius 1 is 1.33 bits per heavy atom. The molecule has 0 unspecified atom stereocenters. The number of benzene rings is 1. The lowest BCUT2D eigenvalue weighted by Gasteiger charge is -2.03. The first-order valence-corrected chi connectivity index (χ1v) is 5.86. The zero-order valence-electron chi connectivity index (χ0n) is 11.0. The van der Waals surface area contributed by atoms with Crippen LogP contribution in [0.15, 0.2) is 47.7 Å². The van der Waals surface area contributed by atoms with Crippen LogP contribution in [0.3, 0.4) is 0 Å². The van der Waals surface area contributed by atoms with E-state index in [0.29, 0.717) is 12.4 Å². The summed E-state index contributed by atoms with van der Waals surface area (Å²) in [5.74, 6) is 1.60. The highest BCUT2D eigenvalue weighted by atomic mass is 16.5. The number of hydrogen-bond donors (Lipinski definition) is 0. The molecule has 0 amide bonds. The zero-order valence-corrected chi connectivity index (χ0v) is 11.0. The van der Waals surface area contributed by atoms with Gasteiger partial charge in [-0.15, -0.1) is 0 Å². The SMILES string of the molecule is COC(=NCc1ccccc1)c1n(C)cc[n+]1C. The molecule has 4 heteroatoms. The third-order valence-electron chi connectivity index (χ3n) is 2.81. The van der Waals surface area contributed by atoms with E-state index in [0.717, 1.165) is 5.82 Å². The Labute approximate surface area is 107 Å². The molecule has 0 radical (unpaired) electrons. The molecule has 2 rings (SSSR count). The fourth-order valence-electron chi connectivity index (χ4n) is 1.86. The van der Waals surface area contributed by atoms with Crippen LogP contribution in [0.25, 0.3) is 0 Å². The summed E-state index contributed by atoms with van der Waals surface area (Å²) in [7, 11) is 5.61. The van der Waals surface area contributed by atoms with Crippen molar-refractivity contribution < 1.29 is 9.30 Å². The van der Waals surface area contributed by atoms with E-state index in [2.05, 4.69) is 17.1 Å². The molecule has 0 aliphatic rings. The molecule has 0 bridgehead atoms. The Balaban J connectivity index is 2.24. The number of rotatable bonds is 3. The van der Waals surface area contributed by atoms with Crippen molar-refractivity contribution >= 4 is 5.90 Å². The first-order chi connectivity index (χ1) is 8.72. The monoisotopic (exact) mass is 244 g/mol. The van der Waals surface area contributed by atoms with Gasteiger partial charge in [0.15, 0.2) is 0 Å². The van der Waals surface area contributed by atoms with E-state index in [-0.39, 0.29) is 0 Å². The van der Waals surface area contributed by atoms with Crippen LogP contribution < -0.4 is 4.57 Å². The summed E-state index contributed by atoms with van der Waals surface area (Å²) < 4.78 is 9.37. The van der Waals surface area contributed by atoms with Gasteiger partial charge in [-0.3, -0.25) is 0 Å². The smallest absolute Gasteiger partial charge is 0.344 e. The first kappa shape index (κ1) is 12.4. The number of ether oxygens (including phenoxy) is 1. The van der Waals surface area contributed by atoms with Crippen molar-refractivity contribution in [2.24, 2.45) is 19.1 Å². The van der Waals surface area contributed by atoms with Gasteiger partial charge in [-0.2, -0.15) is 0 Å². The molecule has 94 valence electrons. The van der Waals surface area contributed by atoms with Crippen LogP contribution in [-0.2, 0) is 25.4 Å². The van der Waals surface area contributed by atoms with Crippen LogP contribution in [0.5, 0.6) is 0 Å². The van der Waals surface area contributed by atoms with E-state index in [4.69, 9.17) is 4.74 Å². The van der Waals surface area contributed by atoms with Crippen molar-refractivity contribution in [1.29, 1.82) is 0 Å². The summed E-state index contributed by atoms with van der Waals surface area (Å²) in [6.45, 7) is 0.620. The van der Waals surface area contributed by atoms with Gasteiger partial charge >= 0.3 is 11.7 Å². The Bertz CT molecular complexity index is 524. The maximum absolute atomic E-state index is 5.39. The molecule has 0 aliphatic carbocycles. The Morgan fingerprint density at radius 3 is 2.61 bits per heavy atom. The normalized spacial score (nSPS) is 11.6. The van der Waals surface area contributed by atoms with Gasteiger partial charge in [0.25, 0.3) is 0 Å². The fraction of sp³-hybridized carbons (Fsp3) is 0.286. The number of aryl methyl sites for hydroxylation is 2. The minimum atomic E-state index is 0.620. The number of aromatic nitrogens is 2. The Hall–Kier alpha value is -2.10. The summed E-state index contributed by atoms with van der Waals surface area (Å²) in [4.78, 5) is 4.53. The highest BCUT2D eigenvalue weighted by Gasteiger charge is 2.19. The average Bonchev–Trinajstić information content (AvgIpc) is 2.73. The van der Waals surface area contributed by atoms with Gasteiger partial charge in [-0.1, -0.05) is 30.3 Å². The molecular formula is C14H18N3O+. The van der Waals surface area contributed by atoms with Crippen molar-refractivity contribution in [1.82, 2.24) is 4.57 Å². The van der Waals surface area contributed by atoms with Gasteiger partial charge in [0, 0.05) is 0 Å². The molecular weight excluding hydrogens is 226 g/mol. The summed E-state index contributed by atoms with van der Waals surface area (Å²) in [6.07, 6.45) is 3.96. The van der Waals surface area contributed by atoms with E-state index in [1.807, 2.05) is 53.8 Å². The van der Waals surface area contributed by atoms with Gasteiger partial charge in [0.2, 0.25) is 0 Å². The van der Waals surface area contributed by atoms with Crippen LogP contribution in [-0.4, -0.2) is 17.6 Å². The fourth-order valence-corrected chi connectivity index (χ4v) is 1.86. The second kappa shape index (κ2) is 5.49. The van der Waals surface area contributed by atoms with Crippen molar-refractivity contribution in [2.45, 2.75) is 6.54 Å². The van der Waals surface area contributed by atoms with Gasteiger partial charge in [-0.25, -0.2) is 14.1 Å². The van der Waals surface area contributed by atoms with Crippen LogP contribution in [0.2, 0.25) is 0 Å². The van der Waals surface area contributed by atoms with Gasteiger partial charge in [0.05, 0.1) is 27.7 Å². The first-order valence-electron chi connectivity index (χ1n) is 5.86. The van der Waals surface area contributed by atoms with Crippen molar-refractivity contribution in [2.75, 3.05) is 7.11 Å². The summed E-state index contributed by atoms with van der Waals surface area (Å²) in [6, 6.07) is 10.1. The summed E-state index contributed by atoms with van der Waals surface area (Å²) >= 11 is 0. The molecule has 0 saturated carbocycles. The van der Waals surface area contributed by atoms with Crippen LogP contribution >= 0.6 is 0 Å². The molecule has 0 spiro atoms. The summed E-state index contributed by atoms with van der Waals surface area (Å²) in [5.41, 5.74) is 1.17. The van der Waals surface area contributed by atoms with Gasteiger partial charge in [-0.05, 0) is 5.56 Å². The maximum Gasteiger partial charge on any atom is 0.344 e. The second-order valence-electron chi connectivity index (χ2n) is 4.15. The average molecular weight is 244 g/mol. The lowest BCUT2D eigenvalue weighted by Crippen LogP contribution is -2.35. The lowest BCUT2D eigenvalue weighted by molar-refractivity contribution is -0.672. The van der Waals surface area contributed by atoms with Gasteiger partial charge in [0.1, 0.15) is 12.4 Å². The molecule has 4 nitrogen and oxygen atoms in total. The number of hydrogen-bond acceptors (Lipinski definition) is 2. The lowest BCUT2D eigenvalue weighted by atomic mass is 10.2. The van der Waals surface area contributed by atoms with E-state index >= 15 is 0 Å². The highest BCUT2D eigenvalue weighted by molar-refractivity contribution is 5.89. The van der Waals surface area contributed by atoms with E-state index < -0.39 is 0 Å². The summed E-state index contributed by atoms with van der Waals surface area (Å²) in [5, 5.41) is 0. The predicted octanol–water partition coefficient (Wildman–Crippen LogP) is 1.44. The van der Waals surface area contributed by atoms with Crippen molar-refractivity contribution in [3.05, 3.63) is 54.1 Å². The number of aliphatic imine (C=N–C) groups is 1. The molecule has 1 heterocycles. The second-order valence-corrected chi connectivity index (χ2v) is 4.15. The highest BCUT2D eigenvalue weighted by Crippen LogP contribution is 2.03. The molecule has 0 N–H and O–H groups in total. The van der Waals surface area contributed by atoms with Crippen LogP contribution in [0.4, 0.5) is 0 Å². The largest absolute Gasteiger partial charge is 0.475 e. The molecule has 0 fully saturated rings. The number of methoxy groups -OCH3 is 1. The van der Waals surface area contributed by atoms with E-state index in [9.17, 15) is 0 Å². The minimum absolute atomic E-state index is 0.620. The van der Waals surface area contributed by atoms with E-state index in [1.165, 1.54) is 5.56 Å². The molecule has 0 atom stereocenters. The third-order valence-corrected chi connectivity index (χ3v) is 2.81. The number of imidazole rings is 1. The molecule has 18 heavy (non-hydrogen) atoms. The van der Waals surface area contributed by atoms with E-state index in [1.54, 1.807) is 7.11 Å². The van der Waals surface area contributed by atoms with Gasteiger partial charge < -0.3 is 4.74 Å². The Kier molecular flexibility index (Phi) is 3.77. The molecule has 0 saturated heterocycles. The minimum Gasteiger partial charge on any atom is -0.475 e. The maximum atomic E-state index is 5.39. The molecule has 1 aromatic heterocycles. The van der Waals surface area contributed by atoms with Crippen molar-refractivity contribution in [3.63, 3.8) is 0 Å². The molecule has 2 aromatic rings. The number of nitrogens with zero attached hydrogens (tertiary/aromatic N) is 3. The van der Waals surface area contributed by atoms with Crippen LogP contribution in [0, 0.1) is 0 Å². The Morgan fingerprint density at radius 2 is 2.06 bits per heavy atom. The van der Waals surface area contributed by atoms with Crippen LogP contribution in [0.1, 0.15) is 11.4 Å². The zero-order chi connectivity index (χ0) is 13.0. The topological polar surface area (TPSA) is 30.4 Å². The van der Waals surface area contributed by atoms with Crippen molar-refractivity contribution in [3.8, 4) is 0 Å². The third kappa shape index (κ3) is 2.59. The quantitative estimate of drug-likeness (QED) is 0.456. The molecule has 0 aliphatic heterocycles.